The number of para-hydroxylation sites is 2. The van der Waals surface area contributed by atoms with Crippen molar-refractivity contribution >= 4 is 59.2 Å². The van der Waals surface area contributed by atoms with E-state index in [1.165, 1.54) is 26.9 Å². The topological polar surface area (TPSA) is 37.4 Å². The minimum atomic E-state index is -3.59. The van der Waals surface area contributed by atoms with E-state index in [4.69, 9.17) is 0 Å². The first kappa shape index (κ1) is 19.3. The van der Waals surface area contributed by atoms with E-state index in [9.17, 15) is 8.42 Å². The molecule has 0 aliphatic carbocycles. The summed E-state index contributed by atoms with van der Waals surface area (Å²) in [5.41, 5.74) is 2.28. The van der Waals surface area contributed by atoms with Crippen LogP contribution in [-0.2, 0) is 9.84 Å². The SMILES string of the molecule is O=S1(=O)c2ccccc2N(c2ccc3c4ccccc4c4ccccc4c3c2)c2ccccc21. The summed E-state index contributed by atoms with van der Waals surface area (Å²) in [6.07, 6.45) is 0. The van der Waals surface area contributed by atoms with E-state index in [0.29, 0.717) is 21.2 Å². The average Bonchev–Trinajstić information content (AvgIpc) is 2.89. The average molecular weight is 458 g/mol. The van der Waals surface area contributed by atoms with Crippen molar-refractivity contribution in [2.75, 3.05) is 4.90 Å². The summed E-state index contributed by atoms with van der Waals surface area (Å²) in [5, 5.41) is 7.18. The Hall–Kier alpha value is -4.15. The van der Waals surface area contributed by atoms with Gasteiger partial charge in [0.25, 0.3) is 0 Å². The Balaban J connectivity index is 1.59. The van der Waals surface area contributed by atoms with Crippen molar-refractivity contribution in [3.05, 3.63) is 115 Å². The molecule has 1 aliphatic heterocycles. The van der Waals surface area contributed by atoms with Crippen LogP contribution >= 0.6 is 0 Å². The van der Waals surface area contributed by atoms with Crippen LogP contribution in [0, 0.1) is 0 Å². The summed E-state index contributed by atoms with van der Waals surface area (Å²) >= 11 is 0. The summed E-state index contributed by atoms with van der Waals surface area (Å²) in [6.45, 7) is 0. The summed E-state index contributed by atoms with van der Waals surface area (Å²) in [7, 11) is -3.59. The van der Waals surface area contributed by atoms with Crippen LogP contribution in [0.25, 0.3) is 32.3 Å². The lowest BCUT2D eigenvalue weighted by Crippen LogP contribution is -2.22. The largest absolute Gasteiger partial charge is 0.308 e. The summed E-state index contributed by atoms with van der Waals surface area (Å²) in [5.74, 6) is 0. The second-order valence-corrected chi connectivity index (χ2v) is 10.5. The van der Waals surface area contributed by atoms with Crippen molar-refractivity contribution in [3.8, 4) is 0 Å². The van der Waals surface area contributed by atoms with Gasteiger partial charge in [0.15, 0.2) is 0 Å². The molecule has 3 nitrogen and oxygen atoms in total. The Labute approximate surface area is 197 Å². The molecule has 34 heavy (non-hydrogen) atoms. The van der Waals surface area contributed by atoms with Crippen molar-refractivity contribution in [2.24, 2.45) is 0 Å². The fraction of sp³-hybridized carbons (Fsp3) is 0. The lowest BCUT2D eigenvalue weighted by molar-refractivity contribution is 0.595. The lowest BCUT2D eigenvalue weighted by atomic mass is 9.94. The second kappa shape index (κ2) is 6.92. The maximum Gasteiger partial charge on any atom is 0.210 e. The molecular weight excluding hydrogens is 438 g/mol. The van der Waals surface area contributed by atoms with Gasteiger partial charge in [-0.3, -0.25) is 0 Å². The van der Waals surface area contributed by atoms with Crippen LogP contribution in [-0.4, -0.2) is 8.42 Å². The molecule has 7 rings (SSSR count). The van der Waals surface area contributed by atoms with Crippen LogP contribution in [0.15, 0.2) is 125 Å². The first-order chi connectivity index (χ1) is 16.6. The Morgan fingerprint density at radius 2 is 0.853 bits per heavy atom. The van der Waals surface area contributed by atoms with Gasteiger partial charge in [0.2, 0.25) is 9.84 Å². The van der Waals surface area contributed by atoms with Crippen LogP contribution in [0.2, 0.25) is 0 Å². The van der Waals surface area contributed by atoms with Gasteiger partial charge in [-0.25, -0.2) is 8.42 Å². The number of rotatable bonds is 1. The number of benzene rings is 6. The highest BCUT2D eigenvalue weighted by Gasteiger charge is 2.34. The highest BCUT2D eigenvalue weighted by atomic mass is 32.2. The van der Waals surface area contributed by atoms with Gasteiger partial charge in [-0.2, -0.15) is 0 Å². The maximum atomic E-state index is 13.4. The van der Waals surface area contributed by atoms with E-state index in [0.717, 1.165) is 11.1 Å². The first-order valence-electron chi connectivity index (χ1n) is 11.2. The summed E-state index contributed by atoms with van der Waals surface area (Å²) in [6, 6.07) is 37.9. The van der Waals surface area contributed by atoms with Gasteiger partial charge < -0.3 is 4.90 Å². The fourth-order valence-corrected chi connectivity index (χ4v) is 6.92. The lowest BCUT2D eigenvalue weighted by Gasteiger charge is -2.33. The second-order valence-electron chi connectivity index (χ2n) is 8.60. The van der Waals surface area contributed by atoms with Crippen LogP contribution in [0.4, 0.5) is 17.1 Å². The Bertz CT molecular complexity index is 1800. The van der Waals surface area contributed by atoms with E-state index in [2.05, 4.69) is 71.6 Å². The van der Waals surface area contributed by atoms with Gasteiger partial charge in [-0.1, -0.05) is 78.9 Å². The molecule has 1 aliphatic rings. The minimum Gasteiger partial charge on any atom is -0.308 e. The van der Waals surface area contributed by atoms with E-state index >= 15 is 0 Å². The van der Waals surface area contributed by atoms with E-state index < -0.39 is 9.84 Å². The molecular formula is C30H19NO2S. The highest BCUT2D eigenvalue weighted by Crippen LogP contribution is 2.48. The summed E-state index contributed by atoms with van der Waals surface area (Å²) in [4.78, 5) is 2.73. The quantitative estimate of drug-likeness (QED) is 0.236. The number of nitrogens with zero attached hydrogens (tertiary/aromatic N) is 1. The molecule has 162 valence electrons. The first-order valence-corrected chi connectivity index (χ1v) is 12.7. The van der Waals surface area contributed by atoms with E-state index in [-0.39, 0.29) is 0 Å². The predicted octanol–water partition coefficient (Wildman–Crippen LogP) is 7.76. The molecule has 0 aromatic heterocycles. The third-order valence-corrected chi connectivity index (χ3v) is 8.63. The molecule has 0 unspecified atom stereocenters. The zero-order chi connectivity index (χ0) is 22.9. The van der Waals surface area contributed by atoms with E-state index in [1.807, 2.05) is 24.3 Å². The number of anilines is 3. The van der Waals surface area contributed by atoms with Gasteiger partial charge in [0, 0.05) is 5.69 Å². The number of hydrogen-bond acceptors (Lipinski definition) is 3. The predicted molar refractivity (Wildman–Crippen MR) is 139 cm³/mol. The van der Waals surface area contributed by atoms with Gasteiger partial charge in [-0.05, 0) is 68.7 Å². The van der Waals surface area contributed by atoms with E-state index in [1.54, 1.807) is 24.3 Å². The zero-order valence-electron chi connectivity index (χ0n) is 18.1. The van der Waals surface area contributed by atoms with Crippen LogP contribution in [0.1, 0.15) is 0 Å². The number of sulfone groups is 1. The molecule has 0 saturated carbocycles. The highest BCUT2D eigenvalue weighted by molar-refractivity contribution is 7.92. The molecule has 0 spiro atoms. The van der Waals surface area contributed by atoms with Crippen molar-refractivity contribution < 1.29 is 8.42 Å². The Kier molecular flexibility index (Phi) is 3.94. The van der Waals surface area contributed by atoms with Crippen molar-refractivity contribution in [1.29, 1.82) is 0 Å². The molecule has 0 bridgehead atoms. The van der Waals surface area contributed by atoms with Crippen LogP contribution in [0.3, 0.4) is 0 Å². The molecule has 0 radical (unpaired) electrons. The number of fused-ring (bicyclic) bond motifs is 8. The van der Waals surface area contributed by atoms with Crippen molar-refractivity contribution in [2.45, 2.75) is 9.79 Å². The molecule has 0 atom stereocenters. The third-order valence-electron chi connectivity index (χ3n) is 6.78. The molecule has 0 amide bonds. The molecule has 1 heterocycles. The van der Waals surface area contributed by atoms with Gasteiger partial charge in [0.05, 0.1) is 21.2 Å². The number of hydrogen-bond donors (Lipinski definition) is 0. The zero-order valence-corrected chi connectivity index (χ0v) is 19.0. The van der Waals surface area contributed by atoms with Crippen LogP contribution < -0.4 is 4.90 Å². The normalized spacial score (nSPS) is 14.3. The Morgan fingerprint density at radius 3 is 1.38 bits per heavy atom. The minimum absolute atomic E-state index is 0.331. The smallest absolute Gasteiger partial charge is 0.210 e. The Morgan fingerprint density at radius 1 is 0.441 bits per heavy atom. The molecule has 6 aromatic rings. The van der Waals surface area contributed by atoms with Crippen molar-refractivity contribution in [3.63, 3.8) is 0 Å². The van der Waals surface area contributed by atoms with Gasteiger partial charge in [-0.15, -0.1) is 0 Å². The summed E-state index contributed by atoms with van der Waals surface area (Å²) < 4.78 is 26.8. The van der Waals surface area contributed by atoms with Gasteiger partial charge >= 0.3 is 0 Å². The standard InChI is InChI=1S/C30H19NO2S/c32-34(33)29-15-7-5-13-27(29)31(28-14-6-8-16-30(28)34)20-17-18-25-23-11-2-1-9-21(23)22-10-3-4-12-24(22)26(25)19-20/h1-19H. The fourth-order valence-electron chi connectivity index (χ4n) is 5.30. The third kappa shape index (κ3) is 2.54. The van der Waals surface area contributed by atoms with Gasteiger partial charge in [0.1, 0.15) is 0 Å². The van der Waals surface area contributed by atoms with Crippen LogP contribution in [0.5, 0.6) is 0 Å². The maximum absolute atomic E-state index is 13.4. The van der Waals surface area contributed by atoms with Crippen molar-refractivity contribution in [1.82, 2.24) is 0 Å². The molecule has 0 N–H and O–H groups in total. The molecule has 6 aromatic carbocycles. The molecule has 0 saturated heterocycles. The monoisotopic (exact) mass is 457 g/mol. The molecule has 4 heteroatoms. The molecule has 0 fully saturated rings.